The van der Waals surface area contributed by atoms with Gasteiger partial charge < -0.3 is 30.0 Å². The van der Waals surface area contributed by atoms with Crippen LogP contribution in [0.15, 0.2) is 12.7 Å². The van der Waals surface area contributed by atoms with E-state index in [0.29, 0.717) is 11.2 Å². The van der Waals surface area contributed by atoms with Crippen LogP contribution in [0.4, 0.5) is 5.82 Å². The third-order valence-electron chi connectivity index (χ3n) is 3.87. The number of aromatic nitrogens is 4. The summed E-state index contributed by atoms with van der Waals surface area (Å²) in [6.45, 7) is -0.730. The molecule has 0 spiro atoms. The quantitative estimate of drug-likeness (QED) is 0.128. The Balaban J connectivity index is 0.00000363. The van der Waals surface area contributed by atoms with E-state index >= 15 is 0 Å². The molecule has 1 saturated heterocycles. The Hall–Kier alpha value is -0.360. The Morgan fingerprint density at radius 3 is 2.44 bits per heavy atom. The van der Waals surface area contributed by atoms with Gasteiger partial charge in [0.1, 0.15) is 30.3 Å². The molecular weight excluding hydrogens is 512 g/mol. The summed E-state index contributed by atoms with van der Waals surface area (Å²) < 4.78 is 52.9. The zero-order valence-electron chi connectivity index (χ0n) is 16.1. The topological polar surface area (TPSA) is 274 Å². The summed E-state index contributed by atoms with van der Waals surface area (Å²) in [5.74, 6) is 5.36. The SMILES string of the molecule is NOC1CC(n2cnc3c(N)ncnc32)OC1COP(=O)(O)OP(=O)(O)OP(=O)(O)O.[Na]. The van der Waals surface area contributed by atoms with E-state index in [9.17, 15) is 18.6 Å². The molecule has 5 unspecified atom stereocenters. The van der Waals surface area contributed by atoms with E-state index in [1.54, 1.807) is 0 Å². The predicted octanol–water partition coefficient (Wildman–Crippen LogP) is -1.08. The summed E-state index contributed by atoms with van der Waals surface area (Å²) >= 11 is 0. The Kier molecular flexibility index (Phi) is 9.15. The fourth-order valence-corrected chi connectivity index (χ4v) is 5.75. The first-order valence-electron chi connectivity index (χ1n) is 8.02. The van der Waals surface area contributed by atoms with Crippen molar-refractivity contribution in [1.82, 2.24) is 19.5 Å². The Morgan fingerprint density at radius 1 is 1.12 bits per heavy atom. The van der Waals surface area contributed by atoms with Crippen molar-refractivity contribution in [3.8, 4) is 0 Å². The van der Waals surface area contributed by atoms with Crippen LogP contribution in [0.2, 0.25) is 0 Å². The molecule has 1 fully saturated rings. The monoisotopic (exact) mass is 529 g/mol. The second kappa shape index (κ2) is 10.5. The van der Waals surface area contributed by atoms with E-state index in [4.69, 9.17) is 35.9 Å². The number of rotatable bonds is 9. The average molecular weight is 529 g/mol. The van der Waals surface area contributed by atoms with Gasteiger partial charge in [0, 0.05) is 36.0 Å². The number of hydrogen-bond donors (Lipinski definition) is 6. The van der Waals surface area contributed by atoms with Crippen molar-refractivity contribution in [3.63, 3.8) is 0 Å². The van der Waals surface area contributed by atoms with Gasteiger partial charge in [0.25, 0.3) is 0 Å². The van der Waals surface area contributed by atoms with Crippen LogP contribution in [0.3, 0.4) is 0 Å². The zero-order valence-corrected chi connectivity index (χ0v) is 20.8. The summed E-state index contributed by atoms with van der Waals surface area (Å²) in [5, 5.41) is 0. The molecule has 3 heterocycles. The summed E-state index contributed by atoms with van der Waals surface area (Å²) in [4.78, 5) is 52.5. The van der Waals surface area contributed by atoms with E-state index in [-0.39, 0.29) is 41.8 Å². The van der Waals surface area contributed by atoms with E-state index < -0.39 is 48.5 Å². The van der Waals surface area contributed by atoms with Crippen molar-refractivity contribution < 1.29 is 56.0 Å². The van der Waals surface area contributed by atoms with Crippen molar-refractivity contribution in [2.75, 3.05) is 12.3 Å². The van der Waals surface area contributed by atoms with Crippen LogP contribution in [-0.4, -0.2) is 87.5 Å². The number of nitrogen functional groups attached to an aromatic ring is 1. The maximum absolute atomic E-state index is 11.9. The molecule has 1 aliphatic heterocycles. The van der Waals surface area contributed by atoms with Gasteiger partial charge in [-0.1, -0.05) is 0 Å². The van der Waals surface area contributed by atoms with Crippen LogP contribution in [0.25, 0.3) is 11.2 Å². The Labute approximate surface area is 200 Å². The van der Waals surface area contributed by atoms with Gasteiger partial charge in [0.2, 0.25) is 0 Å². The number of hydrogen-bond acceptors (Lipinski definition) is 13. The first kappa shape index (κ1) is 27.9. The molecule has 3 rings (SSSR count). The second-order valence-electron chi connectivity index (χ2n) is 6.01. The first-order chi connectivity index (χ1) is 14.3. The molecule has 18 nitrogen and oxygen atoms in total. The van der Waals surface area contributed by atoms with Crippen LogP contribution in [0, 0.1) is 0 Å². The maximum atomic E-state index is 11.9. The number of fused-ring (bicyclic) bond motifs is 1. The summed E-state index contributed by atoms with van der Waals surface area (Å²) in [5.41, 5.74) is 6.37. The van der Waals surface area contributed by atoms with E-state index in [1.165, 1.54) is 17.2 Å². The maximum Gasteiger partial charge on any atom is 0.490 e. The predicted molar refractivity (Wildman–Crippen MR) is 103 cm³/mol. The van der Waals surface area contributed by atoms with Crippen LogP contribution >= 0.6 is 23.5 Å². The molecule has 0 amide bonds. The standard InChI is InChI=1S/C10H17N6O12P3.Na/c11-9-8-10(14-3-13-9)16(4-15-8)7-1-5(26-12)6(25-7)2-24-30(20,21)28-31(22,23)27-29(17,18)19;/h3-7H,1-2,12H2,(H,20,21)(H,22,23)(H2,11,13,14)(H2,17,18,19);. The van der Waals surface area contributed by atoms with Gasteiger partial charge in [-0.25, -0.2) is 34.5 Å². The molecule has 0 aliphatic carbocycles. The minimum atomic E-state index is -5.64. The van der Waals surface area contributed by atoms with E-state index in [2.05, 4.69) is 28.1 Å². The minimum Gasteiger partial charge on any atom is -0.382 e. The van der Waals surface area contributed by atoms with Gasteiger partial charge in [-0.2, -0.15) is 8.62 Å². The molecule has 5 atom stereocenters. The van der Waals surface area contributed by atoms with E-state index in [0.717, 1.165) is 0 Å². The Morgan fingerprint density at radius 2 is 1.81 bits per heavy atom. The average Bonchev–Trinajstić information content (AvgIpc) is 3.21. The Bertz CT molecular complexity index is 1100. The van der Waals surface area contributed by atoms with Crippen molar-refractivity contribution in [3.05, 3.63) is 12.7 Å². The minimum absolute atomic E-state index is 0. The number of nitrogens with two attached hydrogens (primary N) is 2. The number of phosphoric ester groups is 1. The van der Waals surface area contributed by atoms with Crippen molar-refractivity contribution in [1.29, 1.82) is 0 Å². The van der Waals surface area contributed by atoms with E-state index in [1.807, 2.05) is 0 Å². The third kappa shape index (κ3) is 7.07. The molecule has 8 N–H and O–H groups in total. The molecule has 0 bridgehead atoms. The van der Waals surface area contributed by atoms with Crippen molar-refractivity contribution in [2.45, 2.75) is 24.9 Å². The normalized spacial score (nSPS) is 25.2. The van der Waals surface area contributed by atoms with Gasteiger partial charge in [-0.3, -0.25) is 13.9 Å². The summed E-state index contributed by atoms with van der Waals surface area (Å²) in [6, 6.07) is 0. The van der Waals surface area contributed by atoms with Crippen LogP contribution < -0.4 is 11.6 Å². The third-order valence-corrected chi connectivity index (χ3v) is 7.67. The summed E-state index contributed by atoms with van der Waals surface area (Å²) in [6.07, 6.45) is 0.0107. The van der Waals surface area contributed by atoms with Gasteiger partial charge in [0.15, 0.2) is 11.5 Å². The number of phosphoric acid groups is 3. The van der Waals surface area contributed by atoms with Crippen LogP contribution in [0.1, 0.15) is 12.6 Å². The van der Waals surface area contributed by atoms with Crippen LogP contribution in [0.5, 0.6) is 0 Å². The molecule has 0 aromatic carbocycles. The fraction of sp³-hybridized carbons (Fsp3) is 0.500. The zero-order chi connectivity index (χ0) is 23.0. The molecule has 32 heavy (non-hydrogen) atoms. The summed E-state index contributed by atoms with van der Waals surface area (Å²) in [7, 11) is -16.5. The van der Waals surface area contributed by atoms with Crippen molar-refractivity contribution in [2.24, 2.45) is 5.90 Å². The second-order valence-corrected chi connectivity index (χ2v) is 10.4. The van der Waals surface area contributed by atoms with Crippen molar-refractivity contribution >= 4 is 70.0 Å². The number of nitrogens with zero attached hydrogens (tertiary/aromatic N) is 4. The number of imidazole rings is 1. The van der Waals surface area contributed by atoms with Gasteiger partial charge in [-0.15, -0.1) is 0 Å². The molecule has 22 heteroatoms. The number of anilines is 1. The molecule has 0 saturated carbocycles. The largest absolute Gasteiger partial charge is 0.490 e. The molecule has 1 aliphatic rings. The molecule has 2 aromatic heterocycles. The molecule has 1 radical (unpaired) electrons. The van der Waals surface area contributed by atoms with Gasteiger partial charge in [-0.05, 0) is 0 Å². The smallest absolute Gasteiger partial charge is 0.382 e. The fourth-order valence-electron chi connectivity index (χ4n) is 2.72. The van der Waals surface area contributed by atoms with Gasteiger partial charge >= 0.3 is 23.5 Å². The first-order valence-corrected chi connectivity index (χ1v) is 12.5. The molecule has 175 valence electrons. The molecular formula is C10H17N6NaO12P3. The van der Waals surface area contributed by atoms with Crippen LogP contribution in [-0.2, 0) is 36.4 Å². The van der Waals surface area contributed by atoms with Gasteiger partial charge in [0.05, 0.1) is 12.9 Å². The molecule has 2 aromatic rings. The number of ether oxygens (including phenoxy) is 1.